The number of halogens is 3. The van der Waals surface area contributed by atoms with Gasteiger partial charge in [-0.1, -0.05) is 36.4 Å². The number of aliphatic hydroxyl groups is 3. The molecular weight excluding hydrogens is 666 g/mol. The third-order valence-electron chi connectivity index (χ3n) is 7.71. The molecule has 0 bridgehead atoms. The van der Waals surface area contributed by atoms with Crippen LogP contribution in [0.2, 0.25) is 5.02 Å². The smallest absolute Gasteiger partial charge is 0.340 e. The second-order valence-electron chi connectivity index (χ2n) is 10.9. The summed E-state index contributed by atoms with van der Waals surface area (Å²) in [4.78, 5) is 38.6. The number of aliphatic imine (C=N–C) groups is 1. The summed E-state index contributed by atoms with van der Waals surface area (Å²) in [6, 6.07) is 14.3. The SMILES string of the molecule is C=CCOC(=O)[C@H]1O[C@@H](OC(=O)c2ccc(Nc3ncc4c(n3)-c3ccc(Cl)cc3C(c3c(F)cccc3F)=NC4)cc2)[C@H](O)[C@@H](O)[C@@H]1O. The van der Waals surface area contributed by atoms with Crippen molar-refractivity contribution >= 4 is 40.9 Å². The van der Waals surface area contributed by atoms with Crippen molar-refractivity contribution in [2.75, 3.05) is 11.9 Å². The van der Waals surface area contributed by atoms with Crippen LogP contribution in [0, 0.1) is 11.6 Å². The molecule has 0 spiro atoms. The van der Waals surface area contributed by atoms with Gasteiger partial charge in [0, 0.05) is 33.6 Å². The molecule has 1 fully saturated rings. The Morgan fingerprint density at radius 1 is 1.02 bits per heavy atom. The number of nitrogens with zero attached hydrogens (tertiary/aromatic N) is 3. The number of anilines is 2. The zero-order valence-electron chi connectivity index (χ0n) is 25.3. The molecule has 3 aromatic carbocycles. The van der Waals surface area contributed by atoms with Crippen LogP contribution in [-0.4, -0.2) is 80.3 Å². The van der Waals surface area contributed by atoms with Crippen molar-refractivity contribution in [1.29, 1.82) is 0 Å². The Hall–Kier alpha value is -5.12. The molecule has 6 rings (SSSR count). The minimum absolute atomic E-state index is 0.0199. The average Bonchev–Trinajstić information content (AvgIpc) is 3.24. The van der Waals surface area contributed by atoms with Gasteiger partial charge in [-0.05, 0) is 48.5 Å². The van der Waals surface area contributed by atoms with E-state index in [1.165, 1.54) is 36.4 Å². The third kappa shape index (κ3) is 6.90. The van der Waals surface area contributed by atoms with E-state index in [4.69, 9.17) is 25.8 Å². The summed E-state index contributed by atoms with van der Waals surface area (Å²) in [6.07, 6.45) is -6.27. The number of nitrogens with one attached hydrogen (secondary N) is 1. The monoisotopic (exact) mass is 692 g/mol. The number of rotatable bonds is 8. The number of esters is 2. The zero-order valence-corrected chi connectivity index (χ0v) is 26.1. The van der Waals surface area contributed by atoms with Crippen LogP contribution in [0.5, 0.6) is 0 Å². The summed E-state index contributed by atoms with van der Waals surface area (Å²) >= 11 is 6.29. The zero-order chi connectivity index (χ0) is 34.8. The Kier molecular flexibility index (Phi) is 9.76. The topological polar surface area (TPSA) is 173 Å². The van der Waals surface area contributed by atoms with Crippen LogP contribution < -0.4 is 5.32 Å². The molecule has 1 aromatic heterocycles. The molecule has 2 aliphatic heterocycles. The van der Waals surface area contributed by atoms with Gasteiger partial charge in [-0.3, -0.25) is 4.99 Å². The molecule has 0 radical (unpaired) electrons. The molecule has 49 heavy (non-hydrogen) atoms. The van der Waals surface area contributed by atoms with Crippen LogP contribution in [0.25, 0.3) is 11.3 Å². The predicted molar refractivity (Wildman–Crippen MR) is 171 cm³/mol. The molecule has 0 amide bonds. The summed E-state index contributed by atoms with van der Waals surface area (Å²) in [5, 5.41) is 34.0. The first-order valence-corrected chi connectivity index (χ1v) is 15.1. The Balaban J connectivity index is 1.19. The second-order valence-corrected chi connectivity index (χ2v) is 11.4. The molecule has 4 aromatic rings. The molecule has 1 saturated heterocycles. The van der Waals surface area contributed by atoms with Crippen molar-refractivity contribution in [2.24, 2.45) is 4.99 Å². The van der Waals surface area contributed by atoms with Gasteiger partial charge in [0.15, 0.2) is 6.10 Å². The van der Waals surface area contributed by atoms with Crippen molar-refractivity contribution in [3.63, 3.8) is 0 Å². The van der Waals surface area contributed by atoms with Crippen LogP contribution >= 0.6 is 11.6 Å². The number of aromatic nitrogens is 2. The summed E-state index contributed by atoms with van der Waals surface area (Å²) < 4.78 is 45.0. The van der Waals surface area contributed by atoms with E-state index in [2.05, 4.69) is 26.9 Å². The van der Waals surface area contributed by atoms with Crippen molar-refractivity contribution in [3.8, 4) is 11.3 Å². The maximum absolute atomic E-state index is 14.8. The summed E-state index contributed by atoms with van der Waals surface area (Å²) in [7, 11) is 0. The minimum atomic E-state index is -1.87. The quantitative estimate of drug-likeness (QED) is 0.156. The molecule has 15 heteroatoms. The second kappa shape index (κ2) is 14.2. The third-order valence-corrected chi connectivity index (χ3v) is 7.94. The Labute approximate surface area is 282 Å². The fourth-order valence-electron chi connectivity index (χ4n) is 5.28. The molecule has 5 atom stereocenters. The Bertz CT molecular complexity index is 1940. The summed E-state index contributed by atoms with van der Waals surface area (Å²) in [6.45, 7) is 3.25. The lowest BCUT2D eigenvalue weighted by Gasteiger charge is -2.38. The highest BCUT2D eigenvalue weighted by atomic mass is 35.5. The molecular formula is C34H27ClF2N4O8. The maximum Gasteiger partial charge on any atom is 0.340 e. The fraction of sp³-hybridized carbons (Fsp3) is 0.206. The molecule has 4 N–H and O–H groups in total. The van der Waals surface area contributed by atoms with Gasteiger partial charge in [0.1, 0.15) is 36.6 Å². The Morgan fingerprint density at radius 3 is 2.47 bits per heavy atom. The normalized spacial score (nSPS) is 21.3. The van der Waals surface area contributed by atoms with E-state index in [-0.39, 0.29) is 35.9 Å². The van der Waals surface area contributed by atoms with Gasteiger partial charge in [-0.25, -0.2) is 28.3 Å². The number of aliphatic hydroxyl groups excluding tert-OH is 3. The largest absolute Gasteiger partial charge is 0.459 e. The number of benzene rings is 3. The lowest BCUT2D eigenvalue weighted by molar-refractivity contribution is -0.279. The molecule has 12 nitrogen and oxygen atoms in total. The van der Waals surface area contributed by atoms with E-state index in [1.54, 1.807) is 24.4 Å². The Morgan fingerprint density at radius 2 is 1.76 bits per heavy atom. The van der Waals surface area contributed by atoms with Crippen molar-refractivity contribution < 1.29 is 47.9 Å². The first kappa shape index (κ1) is 33.8. The van der Waals surface area contributed by atoms with Gasteiger partial charge < -0.3 is 34.8 Å². The molecule has 3 heterocycles. The van der Waals surface area contributed by atoms with Crippen LogP contribution in [0.1, 0.15) is 27.0 Å². The number of hydrogen-bond donors (Lipinski definition) is 4. The first-order chi connectivity index (χ1) is 23.5. The highest BCUT2D eigenvalue weighted by Gasteiger charge is 2.49. The van der Waals surface area contributed by atoms with E-state index in [9.17, 15) is 33.7 Å². The van der Waals surface area contributed by atoms with Gasteiger partial charge in [-0.15, -0.1) is 0 Å². The van der Waals surface area contributed by atoms with Gasteiger partial charge in [0.05, 0.1) is 29.1 Å². The molecule has 0 saturated carbocycles. The van der Waals surface area contributed by atoms with Crippen LogP contribution in [0.15, 0.2) is 84.5 Å². The van der Waals surface area contributed by atoms with Gasteiger partial charge >= 0.3 is 11.9 Å². The standard InChI is InChI=1S/C34H27ClF2N4O8/c1-2-12-47-32(46)30-28(43)27(42)29(44)33(48-30)49-31(45)16-6-9-19(10-7-16)40-34-39-15-17-14-38-26(24-22(36)4-3-5-23(24)37)21-13-18(35)8-11-20(21)25(17)41-34/h2-11,13,15,27-30,33,42-44H,1,12,14H2,(H,39,40,41)/t27-,28-,29+,30-,33-/m0/s1. The van der Waals surface area contributed by atoms with Crippen molar-refractivity contribution in [2.45, 2.75) is 37.3 Å². The van der Waals surface area contributed by atoms with Gasteiger partial charge in [0.25, 0.3) is 0 Å². The molecule has 2 aliphatic rings. The number of ether oxygens (including phenoxy) is 3. The van der Waals surface area contributed by atoms with E-state index >= 15 is 0 Å². The molecule has 252 valence electrons. The molecule has 0 aliphatic carbocycles. The summed E-state index contributed by atoms with van der Waals surface area (Å²) in [5.41, 5.74) is 2.26. The number of carbonyl (C=O) groups excluding carboxylic acids is 2. The first-order valence-electron chi connectivity index (χ1n) is 14.8. The number of fused-ring (bicyclic) bond motifs is 3. The lowest BCUT2D eigenvalue weighted by Crippen LogP contribution is -2.60. The van der Waals surface area contributed by atoms with Gasteiger partial charge in [0.2, 0.25) is 12.2 Å². The molecule has 0 unspecified atom stereocenters. The van der Waals surface area contributed by atoms with Gasteiger partial charge in [-0.2, -0.15) is 0 Å². The van der Waals surface area contributed by atoms with Crippen molar-refractivity contribution in [3.05, 3.63) is 118 Å². The minimum Gasteiger partial charge on any atom is -0.459 e. The van der Waals surface area contributed by atoms with E-state index in [0.717, 1.165) is 12.1 Å². The van der Waals surface area contributed by atoms with E-state index in [1.807, 2.05) is 0 Å². The maximum atomic E-state index is 14.8. The highest BCUT2D eigenvalue weighted by Crippen LogP contribution is 2.35. The lowest BCUT2D eigenvalue weighted by atomic mass is 9.95. The predicted octanol–water partition coefficient (Wildman–Crippen LogP) is 3.86. The highest BCUT2D eigenvalue weighted by molar-refractivity contribution is 6.31. The van der Waals surface area contributed by atoms with Crippen LogP contribution in [0.3, 0.4) is 0 Å². The van der Waals surface area contributed by atoms with Crippen molar-refractivity contribution in [1.82, 2.24) is 9.97 Å². The number of carbonyl (C=O) groups is 2. The fourth-order valence-corrected chi connectivity index (χ4v) is 5.45. The number of hydrogen-bond acceptors (Lipinski definition) is 12. The summed E-state index contributed by atoms with van der Waals surface area (Å²) in [5.74, 6) is -3.40. The average molecular weight is 693 g/mol. The van der Waals surface area contributed by atoms with Crippen LogP contribution in [0.4, 0.5) is 20.4 Å². The van der Waals surface area contributed by atoms with E-state index in [0.29, 0.717) is 33.1 Å². The van der Waals surface area contributed by atoms with Crippen LogP contribution in [-0.2, 0) is 25.5 Å². The van der Waals surface area contributed by atoms with E-state index < -0.39 is 54.3 Å².